The molecule has 0 aliphatic heterocycles. The maximum atomic E-state index is 13.4. The van der Waals surface area contributed by atoms with Crippen molar-refractivity contribution in [3.63, 3.8) is 0 Å². The van der Waals surface area contributed by atoms with E-state index in [4.69, 9.17) is 9.47 Å². The quantitative estimate of drug-likeness (QED) is 0.191. The van der Waals surface area contributed by atoms with Crippen LogP contribution < -0.4 is 4.72 Å². The van der Waals surface area contributed by atoms with Gasteiger partial charge in [-0.25, -0.2) is 0 Å². The number of hydrogen-bond acceptors (Lipinski definition) is 6. The molecule has 0 radical (unpaired) electrons. The van der Waals surface area contributed by atoms with Crippen molar-refractivity contribution in [3.8, 4) is 0 Å². The van der Waals surface area contributed by atoms with E-state index in [1.807, 2.05) is 51.3 Å². The van der Waals surface area contributed by atoms with Crippen LogP contribution in [-0.4, -0.2) is 42.2 Å². The molecule has 0 amide bonds. The van der Waals surface area contributed by atoms with E-state index in [9.17, 15) is 9.59 Å². The van der Waals surface area contributed by atoms with E-state index in [1.54, 1.807) is 11.9 Å². The van der Waals surface area contributed by atoms with Gasteiger partial charge in [-0.3, -0.25) is 14.3 Å². The van der Waals surface area contributed by atoms with E-state index < -0.39 is 0 Å². The van der Waals surface area contributed by atoms with Crippen LogP contribution in [0.1, 0.15) is 94.2 Å². The average Bonchev–Trinajstić information content (AvgIpc) is 3.08. The molecular formula is C30H46N2O4S. The van der Waals surface area contributed by atoms with Crippen molar-refractivity contribution >= 4 is 23.7 Å². The Bertz CT molecular complexity index is 1040. The van der Waals surface area contributed by atoms with Crippen molar-refractivity contribution in [2.24, 2.45) is 5.41 Å². The highest BCUT2D eigenvalue weighted by Gasteiger charge is 2.37. The van der Waals surface area contributed by atoms with Gasteiger partial charge in [-0.05, 0) is 68.2 Å². The Morgan fingerprint density at radius 1 is 1.16 bits per heavy atom. The minimum absolute atomic E-state index is 0.130. The highest BCUT2D eigenvalue weighted by Crippen LogP contribution is 2.40. The Kier molecular flexibility index (Phi) is 12.4. The summed E-state index contributed by atoms with van der Waals surface area (Å²) in [6, 6.07) is 8.28. The summed E-state index contributed by atoms with van der Waals surface area (Å²) in [5.74, 6) is -0.101. The van der Waals surface area contributed by atoms with Crippen LogP contribution in [-0.2, 0) is 33.7 Å². The van der Waals surface area contributed by atoms with Crippen molar-refractivity contribution in [2.45, 2.75) is 98.6 Å². The lowest BCUT2D eigenvalue weighted by molar-refractivity contribution is -0.148. The highest BCUT2D eigenvalue weighted by atomic mass is 32.2. The Balaban J connectivity index is 0.00000235. The number of ketones is 1. The summed E-state index contributed by atoms with van der Waals surface area (Å²) in [5.41, 5.74) is 4.80. The van der Waals surface area contributed by atoms with E-state index in [0.29, 0.717) is 19.4 Å². The van der Waals surface area contributed by atoms with Crippen LogP contribution in [0.15, 0.2) is 29.2 Å². The van der Waals surface area contributed by atoms with Crippen LogP contribution in [0.3, 0.4) is 0 Å². The smallest absolute Gasteiger partial charge is 0.326 e. The molecule has 206 valence electrons. The van der Waals surface area contributed by atoms with Gasteiger partial charge >= 0.3 is 5.97 Å². The number of nitrogens with one attached hydrogen (secondary N) is 1. The number of esters is 1. The van der Waals surface area contributed by atoms with E-state index in [-0.39, 0.29) is 29.8 Å². The van der Waals surface area contributed by atoms with Gasteiger partial charge in [-0.15, -0.1) is 0 Å². The molecule has 1 aromatic heterocycles. The normalized spacial score (nSPS) is 14.2. The molecule has 0 spiro atoms. The number of rotatable bonds is 12. The summed E-state index contributed by atoms with van der Waals surface area (Å²) in [6.07, 6.45) is 2.77. The van der Waals surface area contributed by atoms with Crippen molar-refractivity contribution in [3.05, 3.63) is 52.3 Å². The summed E-state index contributed by atoms with van der Waals surface area (Å²) < 4.78 is 16.4. The highest BCUT2D eigenvalue weighted by molar-refractivity contribution is 7.97. The number of Topliss-reactive ketones (excluding diaryl/α,β-unsaturated/α-hetero) is 1. The second-order valence-electron chi connectivity index (χ2n) is 10.3. The third-order valence-electron chi connectivity index (χ3n) is 6.19. The molecule has 0 bridgehead atoms. The van der Waals surface area contributed by atoms with Gasteiger partial charge in [0.05, 0.1) is 12.7 Å². The molecule has 6 nitrogen and oxygen atoms in total. The zero-order chi connectivity index (χ0) is 27.6. The number of carbonyl (C=O) groups excluding carboxylic acids is 2. The molecule has 1 aliphatic rings. The predicted molar refractivity (Wildman–Crippen MR) is 152 cm³/mol. The van der Waals surface area contributed by atoms with Gasteiger partial charge in [0, 0.05) is 47.8 Å². The fourth-order valence-corrected chi connectivity index (χ4v) is 5.45. The number of ether oxygens (including phenoxy) is 2. The maximum Gasteiger partial charge on any atom is 0.326 e. The lowest BCUT2D eigenvalue weighted by Crippen LogP contribution is -2.29. The van der Waals surface area contributed by atoms with Crippen LogP contribution in [0.25, 0.3) is 0 Å². The van der Waals surface area contributed by atoms with Crippen molar-refractivity contribution < 1.29 is 19.1 Å². The number of benzene rings is 1. The van der Waals surface area contributed by atoms with Crippen LogP contribution in [0.2, 0.25) is 0 Å². The summed E-state index contributed by atoms with van der Waals surface area (Å²) in [4.78, 5) is 27.1. The second kappa shape index (κ2) is 14.7. The van der Waals surface area contributed by atoms with Gasteiger partial charge < -0.3 is 14.0 Å². The van der Waals surface area contributed by atoms with Gasteiger partial charge in [0.1, 0.15) is 6.54 Å². The SMILES string of the molecule is CC.CCCOCCNSc1ccccc1Cc1c2c(n(CC(=O)OC(C)C)c1C)CC(C)(C)CC2=O. The molecule has 1 aromatic carbocycles. The Hall–Kier alpha value is -2.09. The molecule has 37 heavy (non-hydrogen) atoms. The second-order valence-corrected chi connectivity index (χ2v) is 11.3. The van der Waals surface area contributed by atoms with Gasteiger partial charge in [-0.1, -0.05) is 52.8 Å². The fraction of sp³-hybridized carbons (Fsp3) is 0.600. The fourth-order valence-electron chi connectivity index (χ4n) is 4.70. The van der Waals surface area contributed by atoms with Crippen molar-refractivity contribution in [2.75, 3.05) is 19.8 Å². The number of carbonyl (C=O) groups is 2. The zero-order valence-electron chi connectivity index (χ0n) is 24.0. The van der Waals surface area contributed by atoms with Crippen LogP contribution in [0, 0.1) is 12.3 Å². The minimum Gasteiger partial charge on any atom is -0.462 e. The van der Waals surface area contributed by atoms with E-state index in [0.717, 1.165) is 59.0 Å². The molecular weight excluding hydrogens is 484 g/mol. The molecule has 1 N–H and O–H groups in total. The topological polar surface area (TPSA) is 69.6 Å². The standard InChI is InChI=1S/C28H40N2O4S.C2H6/c1-7-13-33-14-12-29-35-25-11-9-8-10-21(25)15-22-20(4)30(18-26(32)34-19(2)3)23-16-28(5,6)17-24(31)27(22)23;1-2/h8-11,19,29H,7,12-18H2,1-6H3;1-2H3. The van der Waals surface area contributed by atoms with Gasteiger partial charge in [-0.2, -0.15) is 0 Å². The van der Waals surface area contributed by atoms with Gasteiger partial charge in [0.2, 0.25) is 0 Å². The first-order valence-electron chi connectivity index (χ1n) is 13.6. The van der Waals surface area contributed by atoms with Crippen LogP contribution in [0.4, 0.5) is 0 Å². The van der Waals surface area contributed by atoms with Gasteiger partial charge in [0.15, 0.2) is 5.78 Å². The molecule has 0 saturated carbocycles. The van der Waals surface area contributed by atoms with Crippen LogP contribution in [0.5, 0.6) is 0 Å². The van der Waals surface area contributed by atoms with E-state index >= 15 is 0 Å². The first-order valence-corrected chi connectivity index (χ1v) is 14.4. The average molecular weight is 531 g/mol. The third-order valence-corrected chi connectivity index (χ3v) is 7.16. The Morgan fingerprint density at radius 2 is 1.86 bits per heavy atom. The third kappa shape index (κ3) is 8.72. The molecule has 7 heteroatoms. The minimum atomic E-state index is -0.270. The van der Waals surface area contributed by atoms with Crippen LogP contribution >= 0.6 is 11.9 Å². The predicted octanol–water partition coefficient (Wildman–Crippen LogP) is 6.54. The Morgan fingerprint density at radius 3 is 2.54 bits per heavy atom. The first-order chi connectivity index (χ1) is 17.6. The number of nitrogens with zero attached hydrogens (tertiary/aromatic N) is 1. The summed E-state index contributed by atoms with van der Waals surface area (Å²) in [5, 5.41) is 0. The summed E-state index contributed by atoms with van der Waals surface area (Å²) in [6.45, 7) is 18.4. The lowest BCUT2D eigenvalue weighted by Gasteiger charge is -2.30. The molecule has 0 atom stereocenters. The van der Waals surface area contributed by atoms with E-state index in [1.165, 1.54) is 0 Å². The first kappa shape index (κ1) is 31.1. The molecule has 0 saturated heterocycles. The van der Waals surface area contributed by atoms with Gasteiger partial charge in [0.25, 0.3) is 0 Å². The molecule has 0 unspecified atom stereocenters. The molecule has 1 aliphatic carbocycles. The number of hydrogen-bond donors (Lipinski definition) is 1. The molecule has 0 fully saturated rings. The largest absolute Gasteiger partial charge is 0.462 e. The summed E-state index contributed by atoms with van der Waals surface area (Å²) >= 11 is 1.60. The number of aromatic nitrogens is 1. The summed E-state index contributed by atoms with van der Waals surface area (Å²) in [7, 11) is 0. The zero-order valence-corrected chi connectivity index (χ0v) is 24.8. The molecule has 3 rings (SSSR count). The Labute approximate surface area is 228 Å². The van der Waals surface area contributed by atoms with Crippen molar-refractivity contribution in [1.82, 2.24) is 9.29 Å². The van der Waals surface area contributed by atoms with Crippen molar-refractivity contribution in [1.29, 1.82) is 0 Å². The lowest BCUT2D eigenvalue weighted by atomic mass is 9.75. The monoisotopic (exact) mass is 530 g/mol. The van der Waals surface area contributed by atoms with E-state index in [2.05, 4.69) is 37.6 Å². The maximum absolute atomic E-state index is 13.4. The molecule has 2 aromatic rings. The molecule has 1 heterocycles. The number of fused-ring (bicyclic) bond motifs is 1.